The molecule has 0 unspecified atom stereocenters. The Morgan fingerprint density at radius 3 is 2.50 bits per heavy atom. The zero-order chi connectivity index (χ0) is 14.8. The highest BCUT2D eigenvalue weighted by molar-refractivity contribution is 7.88. The third-order valence-corrected chi connectivity index (χ3v) is 6.33. The van der Waals surface area contributed by atoms with E-state index in [0.717, 1.165) is 24.8 Å². The number of hydrogen-bond donors (Lipinski definition) is 1. The Bertz CT molecular complexity index is 561. The van der Waals surface area contributed by atoms with E-state index >= 15 is 0 Å². The lowest BCUT2D eigenvalue weighted by atomic mass is 9.79. The third-order valence-electron chi connectivity index (χ3n) is 4.48. The standard InChI is InChI=1S/C15H24N2O2S/c1-3-15(2)7-9-17(10-8-15)20(18,19)12-13-5-4-6-14(16)11-13/h4-6,11H,3,7-10,12,16H2,1-2H3. The van der Waals surface area contributed by atoms with E-state index in [1.54, 1.807) is 22.5 Å². The van der Waals surface area contributed by atoms with E-state index in [9.17, 15) is 8.42 Å². The minimum absolute atomic E-state index is 0.0425. The molecule has 5 heteroatoms. The molecule has 0 atom stereocenters. The van der Waals surface area contributed by atoms with Gasteiger partial charge in [-0.15, -0.1) is 0 Å². The highest BCUT2D eigenvalue weighted by Crippen LogP contribution is 2.35. The molecule has 1 aromatic rings. The molecule has 1 fully saturated rings. The van der Waals surface area contributed by atoms with Crippen molar-refractivity contribution in [2.45, 2.75) is 38.9 Å². The van der Waals surface area contributed by atoms with Gasteiger partial charge in [0.05, 0.1) is 5.75 Å². The minimum Gasteiger partial charge on any atom is -0.399 e. The summed E-state index contributed by atoms with van der Waals surface area (Å²) in [6.45, 7) is 5.69. The van der Waals surface area contributed by atoms with E-state index in [2.05, 4.69) is 13.8 Å². The van der Waals surface area contributed by atoms with E-state index in [-0.39, 0.29) is 5.75 Å². The molecule has 0 amide bonds. The highest BCUT2D eigenvalue weighted by Gasteiger charge is 2.33. The van der Waals surface area contributed by atoms with Gasteiger partial charge >= 0.3 is 0 Å². The molecule has 1 heterocycles. The molecule has 1 aliphatic heterocycles. The van der Waals surface area contributed by atoms with Gasteiger partial charge in [0.15, 0.2) is 0 Å². The molecule has 0 aliphatic carbocycles. The van der Waals surface area contributed by atoms with Crippen molar-refractivity contribution in [3.05, 3.63) is 29.8 Å². The maximum absolute atomic E-state index is 12.5. The number of rotatable bonds is 4. The zero-order valence-electron chi connectivity index (χ0n) is 12.3. The van der Waals surface area contributed by atoms with Crippen LogP contribution in [0.2, 0.25) is 0 Å². The molecule has 0 aromatic heterocycles. The molecule has 20 heavy (non-hydrogen) atoms. The van der Waals surface area contributed by atoms with Crippen molar-refractivity contribution < 1.29 is 8.42 Å². The second kappa shape index (κ2) is 5.74. The fraction of sp³-hybridized carbons (Fsp3) is 0.600. The smallest absolute Gasteiger partial charge is 0.218 e. The lowest BCUT2D eigenvalue weighted by Crippen LogP contribution is -2.42. The van der Waals surface area contributed by atoms with Crippen LogP contribution in [0.25, 0.3) is 0 Å². The maximum Gasteiger partial charge on any atom is 0.218 e. The summed E-state index contributed by atoms with van der Waals surface area (Å²) in [5.41, 5.74) is 7.36. The fourth-order valence-corrected chi connectivity index (χ4v) is 4.16. The van der Waals surface area contributed by atoms with Gasteiger partial charge in [-0.05, 0) is 36.0 Å². The first-order valence-electron chi connectivity index (χ1n) is 7.17. The first kappa shape index (κ1) is 15.3. The van der Waals surface area contributed by atoms with E-state index in [4.69, 9.17) is 5.73 Å². The van der Waals surface area contributed by atoms with Crippen LogP contribution < -0.4 is 5.73 Å². The van der Waals surface area contributed by atoms with Gasteiger partial charge in [-0.2, -0.15) is 0 Å². The molecule has 2 rings (SSSR count). The second-order valence-corrected chi connectivity index (χ2v) is 8.03. The number of nitrogens with two attached hydrogens (primary N) is 1. The molecule has 1 saturated heterocycles. The average molecular weight is 296 g/mol. The molecule has 0 radical (unpaired) electrons. The van der Waals surface area contributed by atoms with Gasteiger partial charge in [0.1, 0.15) is 0 Å². The first-order chi connectivity index (χ1) is 9.35. The van der Waals surface area contributed by atoms with E-state index in [1.807, 2.05) is 6.07 Å². The van der Waals surface area contributed by atoms with Crippen molar-refractivity contribution >= 4 is 15.7 Å². The maximum atomic E-state index is 12.5. The molecular weight excluding hydrogens is 272 g/mol. The van der Waals surface area contributed by atoms with Crippen LogP contribution >= 0.6 is 0 Å². The average Bonchev–Trinajstić information content (AvgIpc) is 2.39. The molecule has 1 aromatic carbocycles. The van der Waals surface area contributed by atoms with Gasteiger partial charge in [0, 0.05) is 18.8 Å². The van der Waals surface area contributed by atoms with Crippen molar-refractivity contribution in [3.8, 4) is 0 Å². The quantitative estimate of drug-likeness (QED) is 0.869. The summed E-state index contributed by atoms with van der Waals surface area (Å²) in [5.74, 6) is 0.0425. The molecule has 112 valence electrons. The largest absolute Gasteiger partial charge is 0.399 e. The van der Waals surface area contributed by atoms with Crippen LogP contribution in [0.15, 0.2) is 24.3 Å². The summed E-state index contributed by atoms with van der Waals surface area (Å²) in [5, 5.41) is 0. The lowest BCUT2D eigenvalue weighted by molar-refractivity contribution is 0.169. The number of nitrogens with zero attached hydrogens (tertiary/aromatic N) is 1. The van der Waals surface area contributed by atoms with Crippen molar-refractivity contribution in [2.24, 2.45) is 5.41 Å². The van der Waals surface area contributed by atoms with Gasteiger partial charge < -0.3 is 5.73 Å². The Kier molecular flexibility index (Phi) is 4.39. The van der Waals surface area contributed by atoms with Crippen molar-refractivity contribution in [1.29, 1.82) is 0 Å². The molecule has 2 N–H and O–H groups in total. The minimum atomic E-state index is -3.23. The highest BCUT2D eigenvalue weighted by atomic mass is 32.2. The summed E-state index contributed by atoms with van der Waals surface area (Å²) in [7, 11) is -3.23. The lowest BCUT2D eigenvalue weighted by Gasteiger charge is -2.38. The normalized spacial score (nSPS) is 19.9. The van der Waals surface area contributed by atoms with Gasteiger partial charge in [-0.1, -0.05) is 32.4 Å². The molecular formula is C15H24N2O2S. The Morgan fingerprint density at radius 2 is 1.95 bits per heavy atom. The Balaban J connectivity index is 2.05. The van der Waals surface area contributed by atoms with E-state index in [0.29, 0.717) is 24.2 Å². The van der Waals surface area contributed by atoms with Crippen LogP contribution in [0.1, 0.15) is 38.7 Å². The van der Waals surface area contributed by atoms with Gasteiger partial charge in [0.2, 0.25) is 10.0 Å². The molecule has 0 saturated carbocycles. The van der Waals surface area contributed by atoms with Crippen molar-refractivity contribution in [1.82, 2.24) is 4.31 Å². The van der Waals surface area contributed by atoms with Crippen LogP contribution in [0.4, 0.5) is 5.69 Å². The molecule has 4 nitrogen and oxygen atoms in total. The van der Waals surface area contributed by atoms with Crippen LogP contribution in [0, 0.1) is 5.41 Å². The molecule has 1 aliphatic rings. The third kappa shape index (κ3) is 3.52. The molecule has 0 spiro atoms. The summed E-state index contributed by atoms with van der Waals surface area (Å²) >= 11 is 0. The Labute approximate surface area is 122 Å². The second-order valence-electron chi connectivity index (χ2n) is 6.06. The number of anilines is 1. The van der Waals surface area contributed by atoms with E-state index in [1.165, 1.54) is 0 Å². The first-order valence-corrected chi connectivity index (χ1v) is 8.78. The molecule has 0 bridgehead atoms. The topological polar surface area (TPSA) is 63.4 Å². The van der Waals surface area contributed by atoms with Crippen molar-refractivity contribution in [3.63, 3.8) is 0 Å². The zero-order valence-corrected chi connectivity index (χ0v) is 13.1. The van der Waals surface area contributed by atoms with Gasteiger partial charge in [-0.25, -0.2) is 12.7 Å². The predicted octanol–water partition coefficient (Wildman–Crippen LogP) is 2.61. The monoisotopic (exact) mass is 296 g/mol. The summed E-state index contributed by atoms with van der Waals surface area (Å²) < 4.78 is 26.5. The number of sulfonamides is 1. The Morgan fingerprint density at radius 1 is 1.30 bits per heavy atom. The van der Waals surface area contributed by atoms with E-state index < -0.39 is 10.0 Å². The predicted molar refractivity (Wildman–Crippen MR) is 82.7 cm³/mol. The summed E-state index contributed by atoms with van der Waals surface area (Å²) in [6.07, 6.45) is 3.00. The Hall–Kier alpha value is -1.07. The number of hydrogen-bond acceptors (Lipinski definition) is 3. The van der Waals surface area contributed by atoms with Crippen LogP contribution in [-0.4, -0.2) is 25.8 Å². The number of piperidine rings is 1. The van der Waals surface area contributed by atoms with Crippen molar-refractivity contribution in [2.75, 3.05) is 18.8 Å². The SMILES string of the molecule is CCC1(C)CCN(S(=O)(=O)Cc2cccc(N)c2)CC1. The van der Waals surface area contributed by atoms with Gasteiger partial charge in [-0.3, -0.25) is 0 Å². The summed E-state index contributed by atoms with van der Waals surface area (Å²) in [4.78, 5) is 0. The fourth-order valence-electron chi connectivity index (χ4n) is 2.64. The number of nitrogen functional groups attached to an aromatic ring is 1. The summed E-state index contributed by atoms with van der Waals surface area (Å²) in [6, 6.07) is 7.11. The van der Waals surface area contributed by atoms with Crippen LogP contribution in [-0.2, 0) is 15.8 Å². The number of benzene rings is 1. The van der Waals surface area contributed by atoms with Crippen LogP contribution in [0.3, 0.4) is 0 Å². The van der Waals surface area contributed by atoms with Crippen LogP contribution in [0.5, 0.6) is 0 Å². The van der Waals surface area contributed by atoms with Gasteiger partial charge in [0.25, 0.3) is 0 Å².